The standard InChI is InChI=1S/C15H21N5O2/c1-4-13-16-8-12(18-13)15(21)19-11-5-6-22-14(11)10-7-17-20(3)9(10)2/h7-8,11,14H,4-6H2,1-3H3,(H,16,18)(H,19,21)/t11-,14+/m0/s1. The lowest BCUT2D eigenvalue weighted by Gasteiger charge is -2.19. The number of hydrogen-bond donors (Lipinski definition) is 2. The second-order valence-electron chi connectivity index (χ2n) is 5.57. The van der Waals surface area contributed by atoms with Gasteiger partial charge in [-0.2, -0.15) is 5.10 Å². The summed E-state index contributed by atoms with van der Waals surface area (Å²) in [5.74, 6) is 0.668. The van der Waals surface area contributed by atoms with E-state index in [4.69, 9.17) is 4.74 Å². The molecule has 7 heteroatoms. The molecule has 2 aromatic heterocycles. The fraction of sp³-hybridized carbons (Fsp3) is 0.533. The number of imidazole rings is 1. The Morgan fingerprint density at radius 2 is 2.36 bits per heavy atom. The quantitative estimate of drug-likeness (QED) is 0.891. The van der Waals surface area contributed by atoms with Crippen molar-refractivity contribution in [3.05, 3.63) is 35.2 Å². The molecule has 2 atom stereocenters. The predicted molar refractivity (Wildman–Crippen MR) is 80.5 cm³/mol. The summed E-state index contributed by atoms with van der Waals surface area (Å²) in [5.41, 5.74) is 2.58. The van der Waals surface area contributed by atoms with Gasteiger partial charge in [-0.3, -0.25) is 9.48 Å². The van der Waals surface area contributed by atoms with Crippen molar-refractivity contribution in [2.75, 3.05) is 6.61 Å². The Labute approximate surface area is 129 Å². The highest BCUT2D eigenvalue weighted by Gasteiger charge is 2.33. The number of aromatic amines is 1. The second-order valence-corrected chi connectivity index (χ2v) is 5.57. The van der Waals surface area contributed by atoms with Crippen molar-refractivity contribution < 1.29 is 9.53 Å². The van der Waals surface area contributed by atoms with Gasteiger partial charge in [0.15, 0.2) is 0 Å². The van der Waals surface area contributed by atoms with Crippen LogP contribution in [0.3, 0.4) is 0 Å². The summed E-state index contributed by atoms with van der Waals surface area (Å²) >= 11 is 0. The number of nitrogens with zero attached hydrogens (tertiary/aromatic N) is 3. The highest BCUT2D eigenvalue weighted by atomic mass is 16.5. The van der Waals surface area contributed by atoms with Gasteiger partial charge in [-0.25, -0.2) is 4.98 Å². The van der Waals surface area contributed by atoms with E-state index in [1.54, 1.807) is 6.20 Å². The minimum atomic E-state index is -0.147. The Balaban J connectivity index is 1.73. The van der Waals surface area contributed by atoms with Gasteiger partial charge in [-0.1, -0.05) is 6.92 Å². The molecule has 1 fully saturated rings. The van der Waals surface area contributed by atoms with Gasteiger partial charge in [0.1, 0.15) is 17.6 Å². The van der Waals surface area contributed by atoms with Gasteiger partial charge in [0.25, 0.3) is 5.91 Å². The van der Waals surface area contributed by atoms with Crippen molar-refractivity contribution in [2.24, 2.45) is 7.05 Å². The predicted octanol–water partition coefficient (Wildman–Crippen LogP) is 1.27. The molecule has 1 amide bonds. The number of rotatable bonds is 4. The maximum absolute atomic E-state index is 12.3. The highest BCUT2D eigenvalue weighted by Crippen LogP contribution is 2.31. The number of hydrogen-bond acceptors (Lipinski definition) is 4. The zero-order valence-corrected chi connectivity index (χ0v) is 13.1. The van der Waals surface area contributed by atoms with Crippen LogP contribution in [0.15, 0.2) is 12.4 Å². The van der Waals surface area contributed by atoms with Crippen LogP contribution in [-0.4, -0.2) is 38.3 Å². The van der Waals surface area contributed by atoms with Crippen LogP contribution in [0.5, 0.6) is 0 Å². The summed E-state index contributed by atoms with van der Waals surface area (Å²) < 4.78 is 7.63. The molecule has 3 heterocycles. The lowest BCUT2D eigenvalue weighted by Crippen LogP contribution is -2.37. The van der Waals surface area contributed by atoms with E-state index in [0.717, 1.165) is 29.9 Å². The van der Waals surface area contributed by atoms with Crippen LogP contribution >= 0.6 is 0 Å². The number of carbonyl (C=O) groups excluding carboxylic acids is 1. The zero-order valence-electron chi connectivity index (χ0n) is 13.1. The molecule has 0 saturated carbocycles. The summed E-state index contributed by atoms with van der Waals surface area (Å²) in [6.07, 6.45) is 4.81. The third-order valence-corrected chi connectivity index (χ3v) is 4.20. The van der Waals surface area contributed by atoms with Crippen LogP contribution in [0.2, 0.25) is 0 Å². The Kier molecular flexibility index (Phi) is 3.98. The molecule has 2 N–H and O–H groups in total. The molecule has 0 spiro atoms. The maximum atomic E-state index is 12.3. The van der Waals surface area contributed by atoms with Crippen molar-refractivity contribution in [3.8, 4) is 0 Å². The molecule has 0 bridgehead atoms. The van der Waals surface area contributed by atoms with Crippen molar-refractivity contribution >= 4 is 5.91 Å². The van der Waals surface area contributed by atoms with Crippen LogP contribution in [0.25, 0.3) is 0 Å². The van der Waals surface area contributed by atoms with Gasteiger partial charge < -0.3 is 15.0 Å². The molecule has 2 aromatic rings. The molecule has 22 heavy (non-hydrogen) atoms. The summed E-state index contributed by atoms with van der Waals surface area (Å²) in [6, 6.07) is -0.0521. The fourth-order valence-electron chi connectivity index (χ4n) is 2.74. The van der Waals surface area contributed by atoms with E-state index in [-0.39, 0.29) is 18.1 Å². The number of aromatic nitrogens is 4. The fourth-order valence-corrected chi connectivity index (χ4v) is 2.74. The van der Waals surface area contributed by atoms with Crippen molar-refractivity contribution in [1.82, 2.24) is 25.1 Å². The molecule has 0 aliphatic carbocycles. The van der Waals surface area contributed by atoms with Crippen LogP contribution < -0.4 is 5.32 Å². The van der Waals surface area contributed by atoms with E-state index in [0.29, 0.717) is 12.3 Å². The van der Waals surface area contributed by atoms with Crippen LogP contribution in [0, 0.1) is 6.92 Å². The van der Waals surface area contributed by atoms with Crippen molar-refractivity contribution in [1.29, 1.82) is 0 Å². The minimum Gasteiger partial charge on any atom is -0.371 e. The number of nitrogens with one attached hydrogen (secondary N) is 2. The SMILES string of the molecule is CCc1ncc(C(=O)N[C@H]2CCO[C@@H]2c2cnn(C)c2C)[nH]1. The molecule has 3 rings (SSSR count). The molecule has 7 nitrogen and oxygen atoms in total. The summed E-state index contributed by atoms with van der Waals surface area (Å²) in [6.45, 7) is 4.63. The number of H-pyrrole nitrogens is 1. The number of aryl methyl sites for hydroxylation is 2. The number of carbonyl (C=O) groups is 1. The third kappa shape index (κ3) is 2.64. The molecular formula is C15H21N5O2. The third-order valence-electron chi connectivity index (χ3n) is 4.20. The highest BCUT2D eigenvalue weighted by molar-refractivity contribution is 5.92. The molecule has 1 aliphatic rings. The monoisotopic (exact) mass is 303 g/mol. The van der Waals surface area contributed by atoms with Crippen LogP contribution in [0.4, 0.5) is 0 Å². The Morgan fingerprint density at radius 1 is 1.55 bits per heavy atom. The van der Waals surface area contributed by atoms with E-state index in [2.05, 4.69) is 20.4 Å². The first-order valence-corrected chi connectivity index (χ1v) is 7.55. The van der Waals surface area contributed by atoms with Crippen LogP contribution in [-0.2, 0) is 18.2 Å². The van der Waals surface area contributed by atoms with Gasteiger partial charge in [0, 0.05) is 31.3 Å². The topological polar surface area (TPSA) is 84.8 Å². The lowest BCUT2D eigenvalue weighted by atomic mass is 10.0. The number of ether oxygens (including phenoxy) is 1. The molecular weight excluding hydrogens is 282 g/mol. The van der Waals surface area contributed by atoms with Crippen molar-refractivity contribution in [3.63, 3.8) is 0 Å². The van der Waals surface area contributed by atoms with Gasteiger partial charge in [0.05, 0.1) is 18.4 Å². The first-order chi connectivity index (χ1) is 10.6. The molecule has 1 saturated heterocycles. The minimum absolute atomic E-state index is 0.0521. The average Bonchev–Trinajstić information content (AvgIpc) is 3.21. The van der Waals surface area contributed by atoms with Crippen LogP contribution in [0.1, 0.15) is 47.0 Å². The second kappa shape index (κ2) is 5.92. The smallest absolute Gasteiger partial charge is 0.269 e. The van der Waals surface area contributed by atoms with E-state index >= 15 is 0 Å². The Bertz CT molecular complexity index is 675. The summed E-state index contributed by atoms with van der Waals surface area (Å²) in [7, 11) is 1.90. The number of amides is 1. The average molecular weight is 303 g/mol. The van der Waals surface area contributed by atoms with Gasteiger partial charge >= 0.3 is 0 Å². The zero-order chi connectivity index (χ0) is 15.7. The Hall–Kier alpha value is -2.15. The van der Waals surface area contributed by atoms with Gasteiger partial charge in [-0.15, -0.1) is 0 Å². The molecule has 118 valence electrons. The van der Waals surface area contributed by atoms with Gasteiger partial charge in [-0.05, 0) is 13.3 Å². The molecule has 0 aromatic carbocycles. The van der Waals surface area contributed by atoms with Gasteiger partial charge in [0.2, 0.25) is 0 Å². The molecule has 1 aliphatic heterocycles. The maximum Gasteiger partial charge on any atom is 0.269 e. The van der Waals surface area contributed by atoms with E-state index in [1.807, 2.05) is 31.8 Å². The lowest BCUT2D eigenvalue weighted by molar-refractivity contribution is 0.0816. The first-order valence-electron chi connectivity index (χ1n) is 7.55. The summed E-state index contributed by atoms with van der Waals surface area (Å²) in [4.78, 5) is 19.5. The first kappa shape index (κ1) is 14.8. The van der Waals surface area contributed by atoms with E-state index in [1.165, 1.54) is 0 Å². The molecule has 0 radical (unpaired) electrons. The Morgan fingerprint density at radius 3 is 3.00 bits per heavy atom. The summed E-state index contributed by atoms with van der Waals surface area (Å²) in [5, 5.41) is 7.30. The van der Waals surface area contributed by atoms with E-state index < -0.39 is 0 Å². The largest absolute Gasteiger partial charge is 0.371 e. The normalized spacial score (nSPS) is 21.2. The molecule has 0 unspecified atom stereocenters. The van der Waals surface area contributed by atoms with Crippen molar-refractivity contribution in [2.45, 2.75) is 38.8 Å². The van der Waals surface area contributed by atoms with E-state index in [9.17, 15) is 4.79 Å².